The number of anilines is 3. The molecule has 24 heavy (non-hydrogen) atoms. The molecule has 0 saturated carbocycles. The number of ether oxygens (including phenoxy) is 1. The number of nitrogens with zero attached hydrogens (tertiary/aromatic N) is 2. The third kappa shape index (κ3) is 3.76. The van der Waals surface area contributed by atoms with Crippen LogP contribution < -0.4 is 10.6 Å². The molecule has 128 valence electrons. The normalized spacial score (nSPS) is 17.1. The molecule has 2 aromatic rings. The minimum absolute atomic E-state index is 0.0924. The van der Waals surface area contributed by atoms with E-state index in [9.17, 15) is 13.2 Å². The molecule has 0 bridgehead atoms. The first-order valence-corrected chi connectivity index (χ1v) is 7.64. The molecule has 1 atom stereocenters. The molecule has 0 radical (unpaired) electrons. The van der Waals surface area contributed by atoms with Crippen molar-refractivity contribution < 1.29 is 17.9 Å². The number of benzene rings is 1. The molecule has 2 N–H and O–H groups in total. The molecule has 0 aliphatic carbocycles. The molecule has 2 heterocycles. The van der Waals surface area contributed by atoms with Gasteiger partial charge in [-0.15, -0.1) is 0 Å². The Balaban J connectivity index is 1.74. The lowest BCUT2D eigenvalue weighted by Crippen LogP contribution is -2.19. The fourth-order valence-corrected chi connectivity index (χ4v) is 2.48. The molecule has 1 fully saturated rings. The number of nitrogens with one attached hydrogen (secondary N) is 2. The van der Waals surface area contributed by atoms with Crippen molar-refractivity contribution >= 4 is 17.5 Å². The molecule has 1 aromatic heterocycles. The summed E-state index contributed by atoms with van der Waals surface area (Å²) in [5.74, 6) is -3.46. The molecule has 0 spiro atoms. The van der Waals surface area contributed by atoms with Crippen LogP contribution in [0.5, 0.6) is 0 Å². The maximum absolute atomic E-state index is 13.7. The first-order valence-electron chi connectivity index (χ1n) is 7.64. The molecular weight excluding hydrogens is 321 g/mol. The van der Waals surface area contributed by atoms with Gasteiger partial charge in [-0.05, 0) is 31.9 Å². The maximum atomic E-state index is 13.7. The average Bonchev–Trinajstić information content (AvgIpc) is 3.07. The van der Waals surface area contributed by atoms with Crippen molar-refractivity contribution in [2.24, 2.45) is 0 Å². The lowest BCUT2D eigenvalue weighted by molar-refractivity contribution is 0.120. The lowest BCUT2D eigenvalue weighted by Gasteiger charge is -2.13. The monoisotopic (exact) mass is 338 g/mol. The van der Waals surface area contributed by atoms with Crippen LogP contribution in [0.1, 0.15) is 18.5 Å². The van der Waals surface area contributed by atoms with Crippen LogP contribution in [0.25, 0.3) is 0 Å². The Morgan fingerprint density at radius 1 is 1.21 bits per heavy atom. The second-order valence-electron chi connectivity index (χ2n) is 5.58. The Labute approximate surface area is 137 Å². The van der Waals surface area contributed by atoms with Gasteiger partial charge in [0.2, 0.25) is 5.95 Å². The van der Waals surface area contributed by atoms with Crippen LogP contribution >= 0.6 is 0 Å². The van der Waals surface area contributed by atoms with E-state index in [0.29, 0.717) is 18.1 Å². The standard InChI is InChI=1S/C16H17F3N4O/c1-9-7-13(20-8-10-3-2-6-24-10)23-16(21-9)22-12-5-4-11(17)14(18)15(12)19/h4-5,7,10H,2-3,6,8H2,1H3,(H2,20,21,22,23). The van der Waals surface area contributed by atoms with Gasteiger partial charge in [0.05, 0.1) is 11.8 Å². The number of rotatable bonds is 5. The van der Waals surface area contributed by atoms with Crippen LogP contribution in [0.4, 0.5) is 30.6 Å². The Kier molecular flexibility index (Phi) is 4.84. The SMILES string of the molecule is Cc1cc(NCC2CCCO2)nc(Nc2ccc(F)c(F)c2F)n1. The fourth-order valence-electron chi connectivity index (χ4n) is 2.48. The molecule has 1 aromatic carbocycles. The number of aryl methyl sites for hydroxylation is 1. The molecule has 5 nitrogen and oxygen atoms in total. The van der Waals surface area contributed by atoms with Crippen LogP contribution in [0, 0.1) is 24.4 Å². The van der Waals surface area contributed by atoms with Gasteiger partial charge in [-0.25, -0.2) is 18.2 Å². The molecule has 8 heteroatoms. The van der Waals surface area contributed by atoms with Crippen molar-refractivity contribution in [3.05, 3.63) is 41.3 Å². The van der Waals surface area contributed by atoms with E-state index in [4.69, 9.17) is 4.74 Å². The lowest BCUT2D eigenvalue weighted by atomic mass is 10.2. The van der Waals surface area contributed by atoms with Gasteiger partial charge < -0.3 is 15.4 Å². The Bertz CT molecular complexity index is 736. The van der Waals surface area contributed by atoms with Crippen molar-refractivity contribution in [2.45, 2.75) is 25.9 Å². The van der Waals surface area contributed by atoms with E-state index in [-0.39, 0.29) is 17.7 Å². The summed E-state index contributed by atoms with van der Waals surface area (Å²) in [6, 6.07) is 3.67. The van der Waals surface area contributed by atoms with Crippen LogP contribution in [-0.2, 0) is 4.74 Å². The number of aromatic nitrogens is 2. The average molecular weight is 338 g/mol. The van der Waals surface area contributed by atoms with Gasteiger partial charge in [0.1, 0.15) is 5.82 Å². The van der Waals surface area contributed by atoms with E-state index in [0.717, 1.165) is 31.6 Å². The zero-order valence-corrected chi connectivity index (χ0v) is 13.1. The number of hydrogen-bond acceptors (Lipinski definition) is 5. The minimum atomic E-state index is -1.54. The van der Waals surface area contributed by atoms with Crippen LogP contribution in [0.2, 0.25) is 0 Å². The van der Waals surface area contributed by atoms with E-state index >= 15 is 0 Å². The number of hydrogen-bond donors (Lipinski definition) is 2. The summed E-state index contributed by atoms with van der Waals surface area (Å²) in [5.41, 5.74) is 0.412. The van der Waals surface area contributed by atoms with Gasteiger partial charge in [-0.2, -0.15) is 4.98 Å². The number of halogens is 3. The van der Waals surface area contributed by atoms with Crippen LogP contribution in [0.3, 0.4) is 0 Å². The molecule has 1 aliphatic heterocycles. The summed E-state index contributed by atoms with van der Waals surface area (Å²) in [5, 5.41) is 5.72. The molecule has 1 unspecified atom stereocenters. The predicted molar refractivity (Wildman–Crippen MR) is 83.8 cm³/mol. The highest BCUT2D eigenvalue weighted by atomic mass is 19.2. The van der Waals surface area contributed by atoms with E-state index in [1.54, 1.807) is 13.0 Å². The van der Waals surface area contributed by atoms with Crippen molar-refractivity contribution in [1.82, 2.24) is 9.97 Å². The second kappa shape index (κ2) is 7.04. The zero-order valence-electron chi connectivity index (χ0n) is 13.1. The van der Waals surface area contributed by atoms with Crippen molar-refractivity contribution in [1.29, 1.82) is 0 Å². The summed E-state index contributed by atoms with van der Waals surface area (Å²) in [6.07, 6.45) is 2.17. The van der Waals surface area contributed by atoms with Gasteiger partial charge in [0.15, 0.2) is 17.5 Å². The Morgan fingerprint density at radius 3 is 2.79 bits per heavy atom. The highest BCUT2D eigenvalue weighted by molar-refractivity contribution is 5.56. The Morgan fingerprint density at radius 2 is 2.04 bits per heavy atom. The van der Waals surface area contributed by atoms with E-state index in [2.05, 4.69) is 20.6 Å². The van der Waals surface area contributed by atoms with Gasteiger partial charge in [0.25, 0.3) is 0 Å². The largest absolute Gasteiger partial charge is 0.376 e. The van der Waals surface area contributed by atoms with Crippen molar-refractivity contribution in [3.63, 3.8) is 0 Å². The van der Waals surface area contributed by atoms with Crippen LogP contribution in [-0.4, -0.2) is 29.2 Å². The minimum Gasteiger partial charge on any atom is -0.376 e. The quantitative estimate of drug-likeness (QED) is 0.817. The van der Waals surface area contributed by atoms with Gasteiger partial charge in [0, 0.05) is 24.9 Å². The summed E-state index contributed by atoms with van der Waals surface area (Å²) < 4.78 is 45.5. The summed E-state index contributed by atoms with van der Waals surface area (Å²) in [7, 11) is 0. The highest BCUT2D eigenvalue weighted by Crippen LogP contribution is 2.23. The molecular formula is C16H17F3N4O. The first kappa shape index (κ1) is 16.5. The molecule has 1 saturated heterocycles. The smallest absolute Gasteiger partial charge is 0.229 e. The third-order valence-corrected chi connectivity index (χ3v) is 3.67. The maximum Gasteiger partial charge on any atom is 0.229 e. The van der Waals surface area contributed by atoms with E-state index < -0.39 is 17.5 Å². The van der Waals surface area contributed by atoms with E-state index in [1.165, 1.54) is 0 Å². The summed E-state index contributed by atoms with van der Waals surface area (Å²) in [6.45, 7) is 3.12. The fraction of sp³-hybridized carbons (Fsp3) is 0.375. The van der Waals surface area contributed by atoms with Crippen molar-refractivity contribution in [3.8, 4) is 0 Å². The van der Waals surface area contributed by atoms with E-state index in [1.807, 2.05) is 0 Å². The topological polar surface area (TPSA) is 59.1 Å². The second-order valence-corrected chi connectivity index (χ2v) is 5.58. The predicted octanol–water partition coefficient (Wildman–Crippen LogP) is 3.54. The molecule has 0 amide bonds. The van der Waals surface area contributed by atoms with Gasteiger partial charge in [-0.1, -0.05) is 0 Å². The highest BCUT2D eigenvalue weighted by Gasteiger charge is 2.16. The van der Waals surface area contributed by atoms with Crippen LogP contribution in [0.15, 0.2) is 18.2 Å². The van der Waals surface area contributed by atoms with Crippen molar-refractivity contribution in [2.75, 3.05) is 23.8 Å². The summed E-state index contributed by atoms with van der Waals surface area (Å²) in [4.78, 5) is 8.34. The first-order chi connectivity index (χ1) is 11.5. The van der Waals surface area contributed by atoms with Gasteiger partial charge in [-0.3, -0.25) is 0 Å². The zero-order chi connectivity index (χ0) is 17.1. The summed E-state index contributed by atoms with van der Waals surface area (Å²) >= 11 is 0. The molecule has 3 rings (SSSR count). The Hall–Kier alpha value is -2.35. The molecule has 1 aliphatic rings. The van der Waals surface area contributed by atoms with Gasteiger partial charge >= 0.3 is 0 Å². The third-order valence-electron chi connectivity index (χ3n) is 3.67.